The Balaban J connectivity index is 2.03. The molecule has 1 amide bonds. The molecule has 0 bridgehead atoms. The molecule has 140 valence electrons. The summed E-state index contributed by atoms with van der Waals surface area (Å²) >= 11 is 0. The number of anilines is 2. The van der Waals surface area contributed by atoms with Crippen molar-refractivity contribution in [2.24, 2.45) is 0 Å². The predicted molar refractivity (Wildman–Crippen MR) is 110 cm³/mol. The van der Waals surface area contributed by atoms with E-state index in [-0.39, 0.29) is 11.9 Å². The van der Waals surface area contributed by atoms with E-state index in [9.17, 15) is 4.79 Å². The van der Waals surface area contributed by atoms with Crippen LogP contribution >= 0.6 is 0 Å². The van der Waals surface area contributed by atoms with Crippen molar-refractivity contribution in [2.75, 3.05) is 31.4 Å². The van der Waals surface area contributed by atoms with Crippen molar-refractivity contribution in [2.45, 2.75) is 40.3 Å². The van der Waals surface area contributed by atoms with Gasteiger partial charge in [-0.1, -0.05) is 29.8 Å². The zero-order valence-corrected chi connectivity index (χ0v) is 17.1. The minimum atomic E-state index is -0.136. The summed E-state index contributed by atoms with van der Waals surface area (Å²) in [6, 6.07) is 12.6. The van der Waals surface area contributed by atoms with E-state index in [1.807, 2.05) is 34.9 Å². The fourth-order valence-electron chi connectivity index (χ4n) is 3.22. The highest BCUT2D eigenvalue weighted by Gasteiger charge is 2.23. The van der Waals surface area contributed by atoms with Crippen molar-refractivity contribution in [3.8, 4) is 0 Å². The number of nitrogens with zero attached hydrogens (tertiary/aromatic N) is 1. The highest BCUT2D eigenvalue weighted by atomic mass is 16.2. The van der Waals surface area contributed by atoms with Crippen LogP contribution in [0.2, 0.25) is 0 Å². The maximum Gasteiger partial charge on any atom is 0.282 e. The first kappa shape index (κ1) is 20.0. The van der Waals surface area contributed by atoms with E-state index < -0.39 is 0 Å². The fourth-order valence-corrected chi connectivity index (χ4v) is 3.22. The molecule has 1 unspecified atom stereocenters. The molecular formula is C22H32N3O+. The minimum absolute atomic E-state index is 0.0578. The number of rotatable bonds is 6. The summed E-state index contributed by atoms with van der Waals surface area (Å²) in [5.41, 5.74) is 6.79. The van der Waals surface area contributed by atoms with Crippen LogP contribution in [-0.2, 0) is 11.3 Å². The summed E-state index contributed by atoms with van der Waals surface area (Å²) in [4.78, 5) is 16.0. The van der Waals surface area contributed by atoms with Gasteiger partial charge in [0.25, 0.3) is 5.91 Å². The molecular weight excluding hydrogens is 322 g/mol. The van der Waals surface area contributed by atoms with Gasteiger partial charge in [-0.15, -0.1) is 0 Å². The van der Waals surface area contributed by atoms with E-state index in [4.69, 9.17) is 0 Å². The highest BCUT2D eigenvalue weighted by Crippen LogP contribution is 2.21. The second kappa shape index (κ2) is 8.37. The molecule has 0 radical (unpaired) electrons. The topological polar surface area (TPSA) is 36.8 Å². The zero-order chi connectivity index (χ0) is 19.4. The van der Waals surface area contributed by atoms with Crippen molar-refractivity contribution in [1.82, 2.24) is 0 Å². The van der Waals surface area contributed by atoms with Crippen LogP contribution in [0.5, 0.6) is 0 Å². The largest absolute Gasteiger partial charge is 0.378 e. The van der Waals surface area contributed by atoms with Crippen LogP contribution in [0.4, 0.5) is 11.4 Å². The van der Waals surface area contributed by atoms with Crippen LogP contribution in [0.1, 0.15) is 29.2 Å². The zero-order valence-electron chi connectivity index (χ0n) is 17.1. The van der Waals surface area contributed by atoms with Crippen LogP contribution in [0.25, 0.3) is 0 Å². The Hall–Kier alpha value is -2.33. The van der Waals surface area contributed by atoms with E-state index in [0.29, 0.717) is 0 Å². The second-order valence-electron chi connectivity index (χ2n) is 7.57. The number of hydrogen-bond acceptors (Lipinski definition) is 2. The van der Waals surface area contributed by atoms with Gasteiger partial charge in [0.15, 0.2) is 6.04 Å². The number of aryl methyl sites for hydroxylation is 3. The lowest BCUT2D eigenvalue weighted by atomic mass is 10.0. The van der Waals surface area contributed by atoms with Gasteiger partial charge >= 0.3 is 0 Å². The summed E-state index contributed by atoms with van der Waals surface area (Å²) in [6.45, 7) is 8.96. The van der Waals surface area contributed by atoms with Gasteiger partial charge < -0.3 is 15.1 Å². The molecule has 2 atom stereocenters. The maximum atomic E-state index is 12.7. The number of likely N-dealkylation sites (N-methyl/N-ethyl adjacent to an activating group) is 1. The first-order chi connectivity index (χ1) is 12.2. The Bertz CT molecular complexity index is 742. The van der Waals surface area contributed by atoms with Crippen LogP contribution in [-0.4, -0.2) is 33.1 Å². The van der Waals surface area contributed by atoms with Crippen LogP contribution in [0.3, 0.4) is 0 Å². The van der Waals surface area contributed by atoms with E-state index in [0.717, 1.165) is 23.4 Å². The molecule has 0 aromatic heterocycles. The van der Waals surface area contributed by atoms with Crippen LogP contribution < -0.4 is 15.1 Å². The summed E-state index contributed by atoms with van der Waals surface area (Å²) in [6.07, 6.45) is 0. The molecule has 0 aliphatic heterocycles. The van der Waals surface area contributed by atoms with Gasteiger partial charge in [0.2, 0.25) is 0 Å². The smallest absolute Gasteiger partial charge is 0.282 e. The van der Waals surface area contributed by atoms with E-state index in [1.165, 1.54) is 21.7 Å². The Labute approximate surface area is 157 Å². The molecule has 0 saturated carbocycles. The fraction of sp³-hybridized carbons (Fsp3) is 0.409. The van der Waals surface area contributed by atoms with Gasteiger partial charge in [-0.05, 0) is 51.0 Å². The molecule has 0 saturated heterocycles. The van der Waals surface area contributed by atoms with Crippen molar-refractivity contribution < 1.29 is 9.69 Å². The quantitative estimate of drug-likeness (QED) is 0.837. The number of hydrogen-bond donors (Lipinski definition) is 2. The summed E-state index contributed by atoms with van der Waals surface area (Å²) in [5.74, 6) is 0.0578. The molecule has 26 heavy (non-hydrogen) atoms. The van der Waals surface area contributed by atoms with Crippen molar-refractivity contribution in [1.29, 1.82) is 0 Å². The number of carbonyl (C=O) groups excluding carboxylic acids is 1. The predicted octanol–water partition coefficient (Wildman–Crippen LogP) is 2.72. The Morgan fingerprint density at radius 1 is 1.08 bits per heavy atom. The summed E-state index contributed by atoms with van der Waals surface area (Å²) in [7, 11) is 6.14. The van der Waals surface area contributed by atoms with Crippen molar-refractivity contribution >= 4 is 17.3 Å². The lowest BCUT2D eigenvalue weighted by molar-refractivity contribution is -0.907. The van der Waals surface area contributed by atoms with Gasteiger partial charge in [0.05, 0.1) is 7.05 Å². The number of quaternary nitrogens is 1. The lowest BCUT2D eigenvalue weighted by Crippen LogP contribution is -3.12. The highest BCUT2D eigenvalue weighted by molar-refractivity contribution is 5.95. The Kier molecular flexibility index (Phi) is 6.43. The van der Waals surface area contributed by atoms with Crippen molar-refractivity contribution in [3.63, 3.8) is 0 Å². The third-order valence-corrected chi connectivity index (χ3v) is 4.99. The summed E-state index contributed by atoms with van der Waals surface area (Å²) < 4.78 is 0. The molecule has 2 N–H and O–H groups in total. The molecule has 2 rings (SSSR count). The first-order valence-corrected chi connectivity index (χ1v) is 9.16. The van der Waals surface area contributed by atoms with Gasteiger partial charge in [-0.25, -0.2) is 0 Å². The third-order valence-electron chi connectivity index (χ3n) is 4.99. The molecule has 0 spiro atoms. The third kappa shape index (κ3) is 4.85. The molecule has 2 aromatic carbocycles. The number of carbonyl (C=O) groups is 1. The standard InChI is InChI=1S/C22H31N3O/c1-15-12-16(2)21(17(3)13-15)23-22(26)18(4)25(7)14-19-8-10-20(11-9-19)24(5)6/h8-13,18H,14H2,1-7H3,(H,23,26)/p+1/t18-/m0/s1. The summed E-state index contributed by atoms with van der Waals surface area (Å²) in [5, 5.41) is 3.13. The second-order valence-corrected chi connectivity index (χ2v) is 7.57. The van der Waals surface area contributed by atoms with Crippen molar-refractivity contribution in [3.05, 3.63) is 58.7 Å². The molecule has 0 fully saturated rings. The minimum Gasteiger partial charge on any atom is -0.378 e. The van der Waals surface area contributed by atoms with Gasteiger partial charge in [-0.3, -0.25) is 4.79 Å². The monoisotopic (exact) mass is 354 g/mol. The van der Waals surface area contributed by atoms with E-state index >= 15 is 0 Å². The SMILES string of the molecule is Cc1cc(C)c(NC(=O)[C@H](C)[NH+](C)Cc2ccc(N(C)C)cc2)c(C)c1. The molecule has 2 aromatic rings. The van der Waals surface area contributed by atoms with Gasteiger partial charge in [0, 0.05) is 31.0 Å². The van der Waals surface area contributed by atoms with E-state index in [2.05, 4.69) is 60.6 Å². The molecule has 4 heteroatoms. The lowest BCUT2D eigenvalue weighted by Gasteiger charge is -2.22. The molecule has 0 aliphatic carbocycles. The first-order valence-electron chi connectivity index (χ1n) is 9.16. The number of amides is 1. The Morgan fingerprint density at radius 2 is 1.62 bits per heavy atom. The van der Waals surface area contributed by atoms with Crippen LogP contribution in [0, 0.1) is 20.8 Å². The normalized spacial score (nSPS) is 13.2. The average molecular weight is 355 g/mol. The molecule has 4 nitrogen and oxygen atoms in total. The Morgan fingerprint density at radius 3 is 2.12 bits per heavy atom. The van der Waals surface area contributed by atoms with E-state index in [1.54, 1.807) is 0 Å². The number of benzene rings is 2. The van der Waals surface area contributed by atoms with Crippen LogP contribution in [0.15, 0.2) is 36.4 Å². The maximum absolute atomic E-state index is 12.7. The average Bonchev–Trinajstić information content (AvgIpc) is 2.57. The van der Waals surface area contributed by atoms with Gasteiger partial charge in [0.1, 0.15) is 6.54 Å². The molecule has 0 heterocycles. The van der Waals surface area contributed by atoms with Gasteiger partial charge in [-0.2, -0.15) is 0 Å². The molecule has 0 aliphatic rings. The number of nitrogens with one attached hydrogen (secondary N) is 2.